The van der Waals surface area contributed by atoms with E-state index in [1.165, 1.54) is 0 Å². The van der Waals surface area contributed by atoms with Crippen LogP contribution in [0.25, 0.3) is 0 Å². The Morgan fingerprint density at radius 3 is 1.72 bits per heavy atom. The van der Waals surface area contributed by atoms with Gasteiger partial charge in [0.15, 0.2) is 8.32 Å². The maximum atomic E-state index is 13.5. The summed E-state index contributed by atoms with van der Waals surface area (Å²) in [6.45, 7) is 44.0. The summed E-state index contributed by atoms with van der Waals surface area (Å²) in [5, 5.41) is 0. The summed E-state index contributed by atoms with van der Waals surface area (Å²) in [4.78, 5) is 13.5. The van der Waals surface area contributed by atoms with Crippen LogP contribution >= 0.6 is 0 Å². The summed E-state index contributed by atoms with van der Waals surface area (Å²) in [6.07, 6.45) is 4.29. The summed E-state index contributed by atoms with van der Waals surface area (Å²) in [5.74, 6) is 0.00771. The third-order valence-electron chi connectivity index (χ3n) is 16.4. The van der Waals surface area contributed by atoms with Crippen molar-refractivity contribution in [1.82, 2.24) is 0 Å². The van der Waals surface area contributed by atoms with Gasteiger partial charge in [0.25, 0.3) is 0 Å². The van der Waals surface area contributed by atoms with Crippen molar-refractivity contribution in [1.29, 1.82) is 0 Å². The minimum atomic E-state index is -2.41. The lowest BCUT2D eigenvalue weighted by Crippen LogP contribution is -2.58. The van der Waals surface area contributed by atoms with Gasteiger partial charge in [-0.25, -0.2) is 0 Å². The zero-order chi connectivity index (χ0) is 50.0. The predicted molar refractivity (Wildman–Crippen MR) is 284 cm³/mol. The molecule has 0 heterocycles. The van der Waals surface area contributed by atoms with Gasteiger partial charge < -0.3 is 47.1 Å². The van der Waals surface area contributed by atoms with E-state index in [2.05, 4.69) is 126 Å². The van der Waals surface area contributed by atoms with Gasteiger partial charge in [0, 0.05) is 79.2 Å². The first kappa shape index (κ1) is 59.0. The lowest BCUT2D eigenvalue weighted by atomic mass is 9.63. The van der Waals surface area contributed by atoms with Crippen molar-refractivity contribution in [3.05, 3.63) is 35.9 Å². The Morgan fingerprint density at radius 1 is 0.657 bits per heavy atom. The molecule has 2 bridgehead atoms. The quantitative estimate of drug-likeness (QED) is 0.0293. The monoisotopic (exact) mass is 1010 g/mol. The molecule has 3 aliphatic rings. The SMILES string of the molecule is CC(C)[Si](OC[C@@]12CC[C@@H]([C@]3(CC[C@H](C(C)(C)OCOCC[Si](C)(C)C)[C@H]3OCOCC[Si](C)(C)C)[C@H]1OCOCC[Si](C)(C)C)[C@@]2(CC=O)COCOCc1ccccc1)(C(C)C)C(C)C. The van der Waals surface area contributed by atoms with Gasteiger partial charge in [-0.15, -0.1) is 0 Å². The van der Waals surface area contributed by atoms with E-state index in [-0.39, 0.29) is 51.2 Å². The molecule has 67 heavy (non-hydrogen) atoms. The van der Waals surface area contributed by atoms with Gasteiger partial charge in [0.2, 0.25) is 0 Å². The van der Waals surface area contributed by atoms with E-state index in [9.17, 15) is 4.79 Å². The first-order valence-corrected chi connectivity index (χ1v) is 39.4. The highest BCUT2D eigenvalue weighted by molar-refractivity contribution is 6.78. The molecule has 3 saturated carbocycles. The third-order valence-corrected chi connectivity index (χ3v) is 27.5. The van der Waals surface area contributed by atoms with Crippen LogP contribution in [0, 0.1) is 28.1 Å². The molecule has 7 atom stereocenters. The Morgan fingerprint density at radius 2 is 1.19 bits per heavy atom. The van der Waals surface area contributed by atoms with Crippen molar-refractivity contribution < 1.29 is 47.1 Å². The van der Waals surface area contributed by atoms with Crippen molar-refractivity contribution in [2.24, 2.45) is 28.1 Å². The molecule has 0 radical (unpaired) electrons. The van der Waals surface area contributed by atoms with E-state index in [0.717, 1.165) is 55.7 Å². The lowest BCUT2D eigenvalue weighted by Gasteiger charge is -2.52. The minimum absolute atomic E-state index is 0.00979. The van der Waals surface area contributed by atoms with E-state index < -0.39 is 54.4 Å². The second-order valence-electron chi connectivity index (χ2n) is 25.8. The van der Waals surface area contributed by atoms with E-state index in [1.54, 1.807) is 0 Å². The molecule has 3 aliphatic carbocycles. The molecule has 1 spiro atoms. The van der Waals surface area contributed by atoms with Crippen LogP contribution in [-0.4, -0.2) is 117 Å². The fraction of sp³-hybridized carbons (Fsp3) is 0.868. The highest BCUT2D eigenvalue weighted by atomic mass is 28.4. The van der Waals surface area contributed by atoms with E-state index in [4.69, 9.17) is 42.3 Å². The van der Waals surface area contributed by atoms with E-state index >= 15 is 0 Å². The number of benzene rings is 1. The van der Waals surface area contributed by atoms with Crippen molar-refractivity contribution in [2.45, 2.75) is 206 Å². The molecule has 0 unspecified atom stereocenters. The second kappa shape index (κ2) is 24.9. The van der Waals surface area contributed by atoms with Crippen LogP contribution in [-0.2, 0) is 53.7 Å². The number of hydrogen-bond acceptors (Lipinski definition) is 10. The first-order chi connectivity index (χ1) is 31.2. The summed E-state index contributed by atoms with van der Waals surface area (Å²) in [5.41, 5.74) is -0.0884. The van der Waals surface area contributed by atoms with Gasteiger partial charge in [0.1, 0.15) is 33.5 Å². The van der Waals surface area contributed by atoms with Crippen molar-refractivity contribution in [3.8, 4) is 0 Å². The van der Waals surface area contributed by atoms with Gasteiger partial charge in [-0.05, 0) is 85.8 Å². The standard InChI is InChI=1S/C53H100O10Si4/c1-42(2)67(43(3)4,44(5)6)63-37-52-25-24-47(51(52,27-28-54)36-59-38-58-35-45-21-19-18-20-22-45)53(49(52)61-40-56-30-33-65(12,13)14)26-23-46(48(53)60-39-55-29-32-64(9,10)11)50(7,8)62-41-57-31-34-66(15,16)17/h18-22,28,42-44,46-49H,23-27,29-41H2,1-17H3/t46-,47+,48+,49-,51+,52-,53-/m0/s1. The Hall–Kier alpha value is -0.602. The molecule has 1 aromatic rings. The largest absolute Gasteiger partial charge is 0.415 e. The Kier molecular flexibility index (Phi) is 21.9. The van der Waals surface area contributed by atoms with Gasteiger partial charge in [-0.3, -0.25) is 0 Å². The van der Waals surface area contributed by atoms with Gasteiger partial charge in [-0.1, -0.05) is 131 Å². The predicted octanol–water partition coefficient (Wildman–Crippen LogP) is 13.3. The number of ether oxygens (including phenoxy) is 8. The van der Waals surface area contributed by atoms with Crippen LogP contribution in [0.2, 0.25) is 93.7 Å². The summed E-state index contributed by atoms with van der Waals surface area (Å²) in [7, 11) is -6.38. The molecule has 10 nitrogen and oxygen atoms in total. The molecular formula is C53H100O10Si4. The van der Waals surface area contributed by atoms with Gasteiger partial charge >= 0.3 is 0 Å². The van der Waals surface area contributed by atoms with Crippen LogP contribution in [0.5, 0.6) is 0 Å². The van der Waals surface area contributed by atoms with Gasteiger partial charge in [-0.2, -0.15) is 0 Å². The molecule has 0 aliphatic heterocycles. The van der Waals surface area contributed by atoms with Crippen LogP contribution in [0.1, 0.15) is 93.1 Å². The van der Waals surface area contributed by atoms with Crippen LogP contribution < -0.4 is 0 Å². The fourth-order valence-corrected chi connectivity index (χ4v) is 20.7. The number of carbonyl (C=O) groups is 1. The lowest BCUT2D eigenvalue weighted by molar-refractivity contribution is -0.235. The molecule has 4 rings (SSSR count). The average molecular weight is 1010 g/mol. The van der Waals surface area contributed by atoms with Gasteiger partial charge in [0.05, 0.1) is 31.0 Å². The summed E-state index contributed by atoms with van der Waals surface area (Å²) >= 11 is 0. The number of fused-ring (bicyclic) bond motifs is 3. The first-order valence-electron chi connectivity index (χ1n) is 26.1. The molecule has 0 saturated heterocycles. The number of carbonyl (C=O) groups excluding carboxylic acids is 1. The van der Waals surface area contributed by atoms with E-state index in [1.807, 2.05) is 18.2 Å². The van der Waals surface area contributed by atoms with Crippen LogP contribution in [0.4, 0.5) is 0 Å². The van der Waals surface area contributed by atoms with Crippen molar-refractivity contribution in [3.63, 3.8) is 0 Å². The smallest absolute Gasteiger partial charge is 0.200 e. The maximum absolute atomic E-state index is 13.5. The second-order valence-corrected chi connectivity index (χ2v) is 48.2. The Labute approximate surface area is 413 Å². The molecule has 0 aromatic heterocycles. The molecular weight excluding hydrogens is 909 g/mol. The highest BCUT2D eigenvalue weighted by Crippen LogP contribution is 2.79. The maximum Gasteiger partial charge on any atom is 0.200 e. The van der Waals surface area contributed by atoms with Crippen molar-refractivity contribution >= 4 is 38.8 Å². The van der Waals surface area contributed by atoms with Crippen molar-refractivity contribution in [2.75, 3.05) is 60.2 Å². The summed E-state index contributed by atoms with van der Waals surface area (Å²) in [6, 6.07) is 13.4. The van der Waals surface area contributed by atoms with Crippen LogP contribution in [0.3, 0.4) is 0 Å². The zero-order valence-electron chi connectivity index (χ0n) is 45.8. The number of rotatable bonds is 33. The molecule has 388 valence electrons. The average Bonchev–Trinajstić information content (AvgIpc) is 3.79. The zero-order valence-corrected chi connectivity index (χ0v) is 49.8. The minimum Gasteiger partial charge on any atom is -0.415 e. The molecule has 0 N–H and O–H groups in total. The molecule has 14 heteroatoms. The molecule has 1 aromatic carbocycles. The topological polar surface area (TPSA) is 100 Å². The number of hydrogen-bond donors (Lipinski definition) is 0. The number of aldehydes is 1. The molecule has 0 amide bonds. The Bertz CT molecular complexity index is 1590. The molecule has 3 fully saturated rings. The third kappa shape index (κ3) is 14.6. The normalized spacial score (nSPS) is 27.2. The van der Waals surface area contributed by atoms with E-state index in [0.29, 0.717) is 62.7 Å². The summed E-state index contributed by atoms with van der Waals surface area (Å²) < 4.78 is 61.6. The van der Waals surface area contributed by atoms with Crippen LogP contribution in [0.15, 0.2) is 30.3 Å². The highest BCUT2D eigenvalue weighted by Gasteiger charge is 2.82. The fourth-order valence-electron chi connectivity index (χ4n) is 12.9. The Balaban J connectivity index is 1.87.